The SMILES string of the molecule is N=C(NC(=O)O)c1cc(-c2ccc(Cl)c(Cl)c2)ncn1. The highest BCUT2D eigenvalue weighted by molar-refractivity contribution is 6.42. The van der Waals surface area contributed by atoms with Crippen molar-refractivity contribution in [1.82, 2.24) is 15.3 Å². The molecule has 0 spiro atoms. The van der Waals surface area contributed by atoms with Gasteiger partial charge < -0.3 is 5.11 Å². The van der Waals surface area contributed by atoms with Gasteiger partial charge in [-0.25, -0.2) is 14.8 Å². The number of aromatic nitrogens is 2. The fraction of sp³-hybridized carbons (Fsp3) is 0. The molecule has 1 heterocycles. The van der Waals surface area contributed by atoms with Crippen molar-refractivity contribution in [3.8, 4) is 11.3 Å². The summed E-state index contributed by atoms with van der Waals surface area (Å²) in [5, 5.41) is 18.9. The van der Waals surface area contributed by atoms with Gasteiger partial charge in [-0.3, -0.25) is 10.7 Å². The maximum absolute atomic E-state index is 10.5. The van der Waals surface area contributed by atoms with Gasteiger partial charge in [0.2, 0.25) is 0 Å². The minimum absolute atomic E-state index is 0.156. The molecule has 0 saturated carbocycles. The lowest BCUT2D eigenvalue weighted by atomic mass is 10.1. The molecule has 102 valence electrons. The number of nitrogens with one attached hydrogen (secondary N) is 2. The average Bonchev–Trinajstić information content (AvgIpc) is 2.41. The number of halogens is 2. The number of hydrogen-bond donors (Lipinski definition) is 3. The monoisotopic (exact) mass is 310 g/mol. The molecule has 2 aromatic rings. The van der Waals surface area contributed by atoms with Crippen LogP contribution in [0.4, 0.5) is 4.79 Å². The highest BCUT2D eigenvalue weighted by Gasteiger charge is 2.09. The third-order valence-corrected chi connectivity index (χ3v) is 3.11. The number of amidine groups is 1. The first-order valence-electron chi connectivity index (χ1n) is 5.33. The van der Waals surface area contributed by atoms with Crippen LogP contribution in [0.5, 0.6) is 0 Å². The van der Waals surface area contributed by atoms with Crippen LogP contribution in [-0.2, 0) is 0 Å². The van der Waals surface area contributed by atoms with Gasteiger partial charge in [0.15, 0.2) is 5.84 Å². The third-order valence-electron chi connectivity index (χ3n) is 2.37. The van der Waals surface area contributed by atoms with E-state index in [1.165, 1.54) is 12.4 Å². The lowest BCUT2D eigenvalue weighted by Crippen LogP contribution is -2.29. The second-order valence-electron chi connectivity index (χ2n) is 3.72. The van der Waals surface area contributed by atoms with Crippen LogP contribution in [-0.4, -0.2) is 27.0 Å². The van der Waals surface area contributed by atoms with Crippen LogP contribution in [0.3, 0.4) is 0 Å². The Hall–Kier alpha value is -2.18. The summed E-state index contributed by atoms with van der Waals surface area (Å²) < 4.78 is 0. The molecule has 0 fully saturated rings. The second-order valence-corrected chi connectivity index (χ2v) is 4.54. The molecule has 3 N–H and O–H groups in total. The molecule has 0 radical (unpaired) electrons. The molecule has 8 heteroatoms. The summed E-state index contributed by atoms with van der Waals surface area (Å²) in [7, 11) is 0. The first-order valence-corrected chi connectivity index (χ1v) is 6.09. The molecule has 1 aromatic carbocycles. The first-order chi connectivity index (χ1) is 9.47. The predicted octanol–water partition coefficient (Wildman–Crippen LogP) is 3.04. The number of carboxylic acid groups (broad SMARTS) is 1. The fourth-order valence-electron chi connectivity index (χ4n) is 1.48. The van der Waals surface area contributed by atoms with E-state index in [-0.39, 0.29) is 11.5 Å². The van der Waals surface area contributed by atoms with Crippen molar-refractivity contribution >= 4 is 35.1 Å². The Morgan fingerprint density at radius 3 is 2.60 bits per heavy atom. The quantitative estimate of drug-likeness (QED) is 0.586. The smallest absolute Gasteiger partial charge is 0.410 e. The van der Waals surface area contributed by atoms with Crippen molar-refractivity contribution < 1.29 is 9.90 Å². The minimum atomic E-state index is -1.33. The molecule has 0 atom stereocenters. The number of amides is 1. The molecule has 0 bridgehead atoms. The number of carbonyl (C=O) groups is 1. The Morgan fingerprint density at radius 2 is 1.95 bits per heavy atom. The maximum Gasteiger partial charge on any atom is 0.410 e. The standard InChI is InChI=1S/C12H8Cl2N4O2/c13-7-2-1-6(3-8(7)14)9-4-10(17-5-16-9)11(15)18-12(19)20/h1-5H,(H2,15,18)(H,19,20). The van der Waals surface area contributed by atoms with Crippen molar-refractivity contribution in [2.24, 2.45) is 0 Å². The highest BCUT2D eigenvalue weighted by Crippen LogP contribution is 2.27. The van der Waals surface area contributed by atoms with Gasteiger partial charge in [-0.05, 0) is 18.2 Å². The summed E-state index contributed by atoms with van der Waals surface area (Å²) in [6.07, 6.45) is -0.0877. The van der Waals surface area contributed by atoms with Crippen molar-refractivity contribution in [1.29, 1.82) is 5.41 Å². The van der Waals surface area contributed by atoms with Crippen LogP contribution < -0.4 is 5.32 Å². The summed E-state index contributed by atoms with van der Waals surface area (Å²) in [5.74, 6) is -0.332. The molecule has 0 saturated heterocycles. The van der Waals surface area contributed by atoms with Crippen LogP contribution in [0.15, 0.2) is 30.6 Å². The van der Waals surface area contributed by atoms with Crippen LogP contribution in [0.1, 0.15) is 5.69 Å². The van der Waals surface area contributed by atoms with E-state index >= 15 is 0 Å². The Balaban J connectivity index is 2.36. The van der Waals surface area contributed by atoms with Gasteiger partial charge in [-0.1, -0.05) is 29.3 Å². The van der Waals surface area contributed by atoms with Crippen LogP contribution in [0.25, 0.3) is 11.3 Å². The third kappa shape index (κ3) is 3.23. The average molecular weight is 311 g/mol. The van der Waals surface area contributed by atoms with Crippen molar-refractivity contribution in [2.45, 2.75) is 0 Å². The Bertz CT molecular complexity index is 691. The Kier molecular flexibility index (Phi) is 4.16. The molecular weight excluding hydrogens is 303 g/mol. The molecule has 0 unspecified atom stereocenters. The molecule has 1 aromatic heterocycles. The zero-order valence-electron chi connectivity index (χ0n) is 9.89. The van der Waals surface area contributed by atoms with E-state index in [9.17, 15) is 4.79 Å². The Morgan fingerprint density at radius 1 is 1.20 bits per heavy atom. The topological polar surface area (TPSA) is 99.0 Å². The van der Waals surface area contributed by atoms with Gasteiger partial charge >= 0.3 is 6.09 Å². The first kappa shape index (κ1) is 14.2. The molecule has 1 amide bonds. The zero-order chi connectivity index (χ0) is 14.7. The van der Waals surface area contributed by atoms with Gasteiger partial charge in [0.1, 0.15) is 12.0 Å². The zero-order valence-corrected chi connectivity index (χ0v) is 11.4. The molecule has 6 nitrogen and oxygen atoms in total. The van der Waals surface area contributed by atoms with Gasteiger partial charge in [0.05, 0.1) is 15.7 Å². The summed E-state index contributed by atoms with van der Waals surface area (Å²) in [5.41, 5.74) is 1.35. The van der Waals surface area contributed by atoms with E-state index in [1.54, 1.807) is 18.2 Å². The van der Waals surface area contributed by atoms with Crippen LogP contribution in [0.2, 0.25) is 10.0 Å². The number of hydrogen-bond acceptors (Lipinski definition) is 4. The van der Waals surface area contributed by atoms with E-state index in [1.807, 2.05) is 5.32 Å². The summed E-state index contributed by atoms with van der Waals surface area (Å²) in [4.78, 5) is 18.4. The normalized spacial score (nSPS) is 10.1. The van der Waals surface area contributed by atoms with Gasteiger partial charge in [0.25, 0.3) is 0 Å². The summed E-state index contributed by atoms with van der Waals surface area (Å²) in [6.45, 7) is 0. The van der Waals surface area contributed by atoms with Crippen molar-refractivity contribution in [3.05, 3.63) is 46.3 Å². The van der Waals surface area contributed by atoms with Crippen molar-refractivity contribution in [3.63, 3.8) is 0 Å². The molecule has 2 rings (SSSR count). The van der Waals surface area contributed by atoms with Gasteiger partial charge in [0, 0.05) is 5.56 Å². The van der Waals surface area contributed by atoms with Gasteiger partial charge in [-0.2, -0.15) is 0 Å². The van der Waals surface area contributed by atoms with Gasteiger partial charge in [-0.15, -0.1) is 0 Å². The molecule has 0 aliphatic rings. The Labute approximate surface area is 123 Å². The van der Waals surface area contributed by atoms with Crippen LogP contribution in [0, 0.1) is 5.41 Å². The van der Waals surface area contributed by atoms with E-state index in [2.05, 4.69) is 9.97 Å². The second kappa shape index (κ2) is 5.85. The lowest BCUT2D eigenvalue weighted by Gasteiger charge is -2.06. The number of rotatable bonds is 2. The highest BCUT2D eigenvalue weighted by atomic mass is 35.5. The molecular formula is C12H8Cl2N4O2. The largest absolute Gasteiger partial charge is 0.465 e. The van der Waals surface area contributed by atoms with E-state index in [0.29, 0.717) is 21.3 Å². The number of nitrogens with zero attached hydrogens (tertiary/aromatic N) is 2. The summed E-state index contributed by atoms with van der Waals surface area (Å²) in [6, 6.07) is 6.46. The summed E-state index contributed by atoms with van der Waals surface area (Å²) >= 11 is 11.8. The van der Waals surface area contributed by atoms with E-state index in [4.69, 9.17) is 33.7 Å². The fourth-order valence-corrected chi connectivity index (χ4v) is 1.78. The van der Waals surface area contributed by atoms with Crippen molar-refractivity contribution in [2.75, 3.05) is 0 Å². The van der Waals surface area contributed by atoms with E-state index in [0.717, 1.165) is 0 Å². The molecule has 0 aliphatic heterocycles. The molecule has 0 aliphatic carbocycles. The van der Waals surface area contributed by atoms with E-state index < -0.39 is 6.09 Å². The lowest BCUT2D eigenvalue weighted by molar-refractivity contribution is 0.200. The van der Waals surface area contributed by atoms with Crippen LogP contribution >= 0.6 is 23.2 Å². The molecule has 20 heavy (non-hydrogen) atoms. The number of benzene rings is 1. The minimum Gasteiger partial charge on any atom is -0.465 e. The maximum atomic E-state index is 10.5. The predicted molar refractivity (Wildman–Crippen MR) is 75.5 cm³/mol.